The van der Waals surface area contributed by atoms with Crippen LogP contribution < -0.4 is 10.9 Å². The summed E-state index contributed by atoms with van der Waals surface area (Å²) in [6.07, 6.45) is 8.73. The van der Waals surface area contributed by atoms with E-state index in [2.05, 4.69) is 29.1 Å². The number of hydrazine groups is 1. The molecule has 0 heterocycles. The van der Waals surface area contributed by atoms with Crippen molar-refractivity contribution < 1.29 is 0 Å². The predicted molar refractivity (Wildman–Crippen MR) is 59.7 cm³/mol. The molecule has 0 bridgehead atoms. The van der Waals surface area contributed by atoms with E-state index in [0.29, 0.717) is 0 Å². The van der Waals surface area contributed by atoms with Crippen LogP contribution in [0.5, 0.6) is 0 Å². The largest absolute Gasteiger partial charge is 0.301 e. The van der Waals surface area contributed by atoms with Gasteiger partial charge in [0.25, 0.3) is 0 Å². The summed E-state index contributed by atoms with van der Waals surface area (Å²) in [4.78, 5) is 0. The second-order valence-electron chi connectivity index (χ2n) is 3.26. The van der Waals surface area contributed by atoms with Gasteiger partial charge in [-0.2, -0.15) is 0 Å². The predicted octanol–water partition coefficient (Wildman–Crippen LogP) is 2.84. The Morgan fingerprint density at radius 2 is 1.79 bits per heavy atom. The number of hydrogen-bond donors (Lipinski definition) is 2. The van der Waals surface area contributed by atoms with Crippen molar-refractivity contribution in [3.05, 3.63) is 54.3 Å². The van der Waals surface area contributed by atoms with Crippen LogP contribution in [0.3, 0.4) is 0 Å². The summed E-state index contributed by atoms with van der Waals surface area (Å²) in [7, 11) is 0. The van der Waals surface area contributed by atoms with Gasteiger partial charge in [-0.3, -0.25) is 0 Å². The molecule has 2 N–H and O–H groups in total. The first-order valence-corrected chi connectivity index (χ1v) is 4.89. The van der Waals surface area contributed by atoms with Crippen molar-refractivity contribution in [1.82, 2.24) is 5.43 Å². The van der Waals surface area contributed by atoms with Gasteiger partial charge in [-0.1, -0.05) is 30.4 Å². The van der Waals surface area contributed by atoms with Crippen LogP contribution in [0.4, 0.5) is 5.69 Å². The SMILES string of the molecule is C1=CC(NNc2ccccc2)=CCC1. The third-order valence-corrected chi connectivity index (χ3v) is 2.12. The van der Waals surface area contributed by atoms with Gasteiger partial charge in [-0.15, -0.1) is 0 Å². The molecular formula is C12H14N2. The van der Waals surface area contributed by atoms with Crippen molar-refractivity contribution in [2.75, 3.05) is 5.43 Å². The maximum atomic E-state index is 3.16. The van der Waals surface area contributed by atoms with Gasteiger partial charge in [-0.25, -0.2) is 0 Å². The fourth-order valence-corrected chi connectivity index (χ4v) is 1.37. The molecule has 0 aliphatic heterocycles. The highest BCUT2D eigenvalue weighted by molar-refractivity contribution is 5.42. The average molecular weight is 186 g/mol. The lowest BCUT2D eigenvalue weighted by atomic mass is 10.1. The van der Waals surface area contributed by atoms with E-state index in [1.54, 1.807) is 0 Å². The Balaban J connectivity index is 1.88. The number of nitrogens with one attached hydrogen (secondary N) is 2. The van der Waals surface area contributed by atoms with Crippen molar-refractivity contribution in [3.8, 4) is 0 Å². The number of rotatable bonds is 3. The first-order valence-electron chi connectivity index (χ1n) is 4.89. The Bertz CT molecular complexity index is 339. The third-order valence-electron chi connectivity index (χ3n) is 2.12. The summed E-state index contributed by atoms with van der Waals surface area (Å²) in [5.41, 5.74) is 8.52. The van der Waals surface area contributed by atoms with Crippen LogP contribution in [0.15, 0.2) is 54.3 Å². The van der Waals surface area contributed by atoms with Crippen LogP contribution in [-0.2, 0) is 0 Å². The van der Waals surface area contributed by atoms with E-state index < -0.39 is 0 Å². The Morgan fingerprint density at radius 3 is 2.50 bits per heavy atom. The standard InChI is InChI=1S/C12H14N2/c1-3-7-11(8-4-1)13-14-12-9-5-2-6-10-12/h1,3-5,7-10,13-14H,2,6H2. The summed E-state index contributed by atoms with van der Waals surface area (Å²) in [6.45, 7) is 0. The smallest absolute Gasteiger partial charge is 0.0539 e. The van der Waals surface area contributed by atoms with Crippen LogP contribution in [0, 0.1) is 0 Å². The molecule has 72 valence electrons. The number of allylic oxidation sites excluding steroid dienone is 3. The maximum Gasteiger partial charge on any atom is 0.0539 e. The molecule has 1 aromatic rings. The van der Waals surface area contributed by atoms with Crippen LogP contribution in [-0.4, -0.2) is 0 Å². The second-order valence-corrected chi connectivity index (χ2v) is 3.26. The minimum absolute atomic E-state index is 1.08. The quantitative estimate of drug-likeness (QED) is 0.709. The molecule has 1 aliphatic rings. The van der Waals surface area contributed by atoms with E-state index in [9.17, 15) is 0 Å². The lowest BCUT2D eigenvalue weighted by Crippen LogP contribution is -2.20. The Kier molecular flexibility index (Phi) is 2.86. The first-order chi connectivity index (χ1) is 6.95. The molecule has 0 atom stereocenters. The lowest BCUT2D eigenvalue weighted by molar-refractivity contribution is 0.927. The fraction of sp³-hybridized carbons (Fsp3) is 0.167. The third kappa shape index (κ3) is 2.39. The van der Waals surface area contributed by atoms with Crippen molar-refractivity contribution in [3.63, 3.8) is 0 Å². The zero-order valence-corrected chi connectivity index (χ0v) is 8.03. The Labute approximate surface area is 84.3 Å². The zero-order chi connectivity index (χ0) is 9.64. The van der Waals surface area contributed by atoms with E-state index in [1.165, 1.54) is 0 Å². The van der Waals surface area contributed by atoms with Crippen molar-refractivity contribution in [1.29, 1.82) is 0 Å². The minimum atomic E-state index is 1.08. The molecule has 0 amide bonds. The van der Waals surface area contributed by atoms with E-state index in [-0.39, 0.29) is 0 Å². The molecule has 0 spiro atoms. The zero-order valence-electron chi connectivity index (χ0n) is 8.03. The molecule has 14 heavy (non-hydrogen) atoms. The average Bonchev–Trinajstić information content (AvgIpc) is 2.29. The molecule has 0 fully saturated rings. The fourth-order valence-electron chi connectivity index (χ4n) is 1.37. The molecule has 1 aromatic carbocycles. The van der Waals surface area contributed by atoms with E-state index >= 15 is 0 Å². The molecule has 0 radical (unpaired) electrons. The van der Waals surface area contributed by atoms with Crippen molar-refractivity contribution >= 4 is 5.69 Å². The van der Waals surface area contributed by atoms with Gasteiger partial charge in [0.1, 0.15) is 0 Å². The molecule has 2 rings (SSSR count). The molecule has 0 unspecified atom stereocenters. The van der Waals surface area contributed by atoms with E-state index in [4.69, 9.17) is 0 Å². The van der Waals surface area contributed by atoms with Gasteiger partial charge < -0.3 is 10.9 Å². The molecule has 2 heteroatoms. The number of hydrogen-bond acceptors (Lipinski definition) is 2. The van der Waals surface area contributed by atoms with Gasteiger partial charge in [0, 0.05) is 5.70 Å². The van der Waals surface area contributed by atoms with Gasteiger partial charge in [0.05, 0.1) is 5.69 Å². The summed E-state index contributed by atoms with van der Waals surface area (Å²) >= 11 is 0. The Hall–Kier alpha value is -1.70. The van der Waals surface area contributed by atoms with Gasteiger partial charge in [0.2, 0.25) is 0 Å². The van der Waals surface area contributed by atoms with E-state index in [0.717, 1.165) is 24.2 Å². The van der Waals surface area contributed by atoms with E-state index in [1.807, 2.05) is 30.3 Å². The van der Waals surface area contributed by atoms with Gasteiger partial charge in [-0.05, 0) is 31.1 Å². The second kappa shape index (κ2) is 4.51. The highest BCUT2D eigenvalue weighted by Gasteiger charge is 1.95. The lowest BCUT2D eigenvalue weighted by Gasteiger charge is -2.12. The van der Waals surface area contributed by atoms with Crippen molar-refractivity contribution in [2.24, 2.45) is 0 Å². The number of anilines is 1. The molecule has 1 aliphatic carbocycles. The molecule has 0 saturated carbocycles. The monoisotopic (exact) mass is 186 g/mol. The highest BCUT2D eigenvalue weighted by Crippen LogP contribution is 2.08. The normalized spacial score (nSPS) is 14.7. The highest BCUT2D eigenvalue weighted by atomic mass is 15.4. The van der Waals surface area contributed by atoms with Gasteiger partial charge >= 0.3 is 0 Å². The van der Waals surface area contributed by atoms with Crippen LogP contribution >= 0.6 is 0 Å². The van der Waals surface area contributed by atoms with Gasteiger partial charge in [0.15, 0.2) is 0 Å². The van der Waals surface area contributed by atoms with Crippen LogP contribution in [0.1, 0.15) is 12.8 Å². The van der Waals surface area contributed by atoms with Crippen LogP contribution in [0.2, 0.25) is 0 Å². The first kappa shape index (κ1) is 8.88. The maximum absolute atomic E-state index is 3.16. The number of benzene rings is 1. The summed E-state index contributed by atoms with van der Waals surface area (Å²) in [6, 6.07) is 10.1. The topological polar surface area (TPSA) is 24.1 Å². The molecular weight excluding hydrogens is 172 g/mol. The summed E-state index contributed by atoms with van der Waals surface area (Å²) < 4.78 is 0. The minimum Gasteiger partial charge on any atom is -0.301 e. The summed E-state index contributed by atoms with van der Waals surface area (Å²) in [5.74, 6) is 0. The van der Waals surface area contributed by atoms with Crippen LogP contribution in [0.25, 0.3) is 0 Å². The van der Waals surface area contributed by atoms with Crippen molar-refractivity contribution in [2.45, 2.75) is 12.8 Å². The Morgan fingerprint density at radius 1 is 0.929 bits per heavy atom. The molecule has 0 saturated heterocycles. The number of para-hydroxylation sites is 1. The molecule has 2 nitrogen and oxygen atoms in total. The summed E-state index contributed by atoms with van der Waals surface area (Å²) in [5, 5.41) is 0. The molecule has 0 aromatic heterocycles.